The zero-order chi connectivity index (χ0) is 12.2. The summed E-state index contributed by atoms with van der Waals surface area (Å²) in [5.41, 5.74) is 1.85. The van der Waals surface area contributed by atoms with Crippen LogP contribution in [-0.2, 0) is 0 Å². The van der Waals surface area contributed by atoms with Crippen molar-refractivity contribution in [3.63, 3.8) is 0 Å². The van der Waals surface area contributed by atoms with Gasteiger partial charge in [-0.2, -0.15) is 0 Å². The average molecular weight is 348 g/mol. The van der Waals surface area contributed by atoms with E-state index in [9.17, 15) is 0 Å². The first-order valence-corrected chi connectivity index (χ1v) is 7.65. The highest BCUT2D eigenvalue weighted by atomic mass is 79.9. The maximum atomic E-state index is 3.63. The smallest absolute Gasteiger partial charge is 0.0178 e. The number of hydrogen-bond acceptors (Lipinski definition) is 0. The molecule has 0 amide bonds. The van der Waals surface area contributed by atoms with Gasteiger partial charge in [-0.1, -0.05) is 64.8 Å². The monoisotopic (exact) mass is 346 g/mol. The fourth-order valence-electron chi connectivity index (χ4n) is 1.70. The molecular formula is C14H20Br2. The molecule has 0 saturated heterocycles. The molecule has 0 heterocycles. The molecule has 1 atom stereocenters. The molecule has 0 aliphatic carbocycles. The summed E-state index contributed by atoms with van der Waals surface area (Å²) in [7, 11) is 0. The summed E-state index contributed by atoms with van der Waals surface area (Å²) in [5, 5.41) is 1.04. The van der Waals surface area contributed by atoms with E-state index in [0.29, 0.717) is 11.3 Å². The lowest BCUT2D eigenvalue weighted by Gasteiger charge is -2.22. The minimum absolute atomic E-state index is 0.423. The van der Waals surface area contributed by atoms with Gasteiger partial charge in [0.2, 0.25) is 0 Å². The van der Waals surface area contributed by atoms with Gasteiger partial charge in [0.25, 0.3) is 0 Å². The van der Waals surface area contributed by atoms with E-state index >= 15 is 0 Å². The third-order valence-corrected chi connectivity index (χ3v) is 4.02. The number of rotatable bonds is 4. The molecule has 0 aliphatic heterocycles. The number of halogens is 2. The molecule has 1 aromatic carbocycles. The zero-order valence-corrected chi connectivity index (χ0v) is 13.4. The third kappa shape index (κ3) is 5.01. The van der Waals surface area contributed by atoms with Crippen molar-refractivity contribution in [2.75, 3.05) is 5.33 Å². The van der Waals surface area contributed by atoms with Gasteiger partial charge in [0, 0.05) is 9.80 Å². The van der Waals surface area contributed by atoms with Crippen molar-refractivity contribution < 1.29 is 0 Å². The molecule has 1 unspecified atom stereocenters. The Bertz CT molecular complexity index is 326. The van der Waals surface area contributed by atoms with Gasteiger partial charge in [-0.25, -0.2) is 0 Å². The largest absolute Gasteiger partial charge is 0.0921 e. The predicted octanol–water partition coefficient (Wildman–Crippen LogP) is 5.75. The van der Waals surface area contributed by atoms with Crippen LogP contribution in [0.15, 0.2) is 28.7 Å². The topological polar surface area (TPSA) is 0 Å². The van der Waals surface area contributed by atoms with Gasteiger partial charge < -0.3 is 0 Å². The van der Waals surface area contributed by atoms with Crippen LogP contribution in [0.4, 0.5) is 0 Å². The Morgan fingerprint density at radius 1 is 1.25 bits per heavy atom. The van der Waals surface area contributed by atoms with E-state index in [1.807, 2.05) is 0 Å². The second-order valence-corrected chi connectivity index (χ2v) is 7.07. The molecule has 1 aromatic rings. The number of alkyl halides is 1. The summed E-state index contributed by atoms with van der Waals surface area (Å²) < 4.78 is 1.17. The summed E-state index contributed by atoms with van der Waals surface area (Å²) in [6, 6.07) is 8.65. The summed E-state index contributed by atoms with van der Waals surface area (Å²) in [5.74, 6) is 0.622. The van der Waals surface area contributed by atoms with Crippen LogP contribution < -0.4 is 0 Å². The maximum absolute atomic E-state index is 3.63. The van der Waals surface area contributed by atoms with Crippen LogP contribution in [0.2, 0.25) is 0 Å². The molecule has 1 rings (SSSR count). The molecule has 0 nitrogen and oxygen atoms in total. The lowest BCUT2D eigenvalue weighted by atomic mass is 9.85. The minimum Gasteiger partial charge on any atom is -0.0921 e. The van der Waals surface area contributed by atoms with Gasteiger partial charge in [0.15, 0.2) is 0 Å². The second-order valence-electron chi connectivity index (χ2n) is 5.51. The summed E-state index contributed by atoms with van der Waals surface area (Å²) >= 11 is 7.16. The Morgan fingerprint density at radius 3 is 2.44 bits per heavy atom. The molecular weight excluding hydrogens is 328 g/mol. The van der Waals surface area contributed by atoms with Gasteiger partial charge in [-0.3, -0.25) is 0 Å². The molecule has 0 aliphatic rings. The van der Waals surface area contributed by atoms with Crippen molar-refractivity contribution in [1.82, 2.24) is 0 Å². The Balaban J connectivity index is 2.68. The first kappa shape index (κ1) is 14.2. The Hall–Kier alpha value is 0.180. The SMILES string of the molecule is CC(C)(C)CCC(CBr)c1cccc(Br)c1. The van der Waals surface area contributed by atoms with Crippen molar-refractivity contribution in [3.05, 3.63) is 34.3 Å². The highest BCUT2D eigenvalue weighted by Gasteiger charge is 2.16. The van der Waals surface area contributed by atoms with Crippen molar-refractivity contribution in [3.8, 4) is 0 Å². The van der Waals surface area contributed by atoms with Gasteiger partial charge >= 0.3 is 0 Å². The van der Waals surface area contributed by atoms with E-state index in [1.54, 1.807) is 0 Å². The lowest BCUT2D eigenvalue weighted by Crippen LogP contribution is -2.09. The molecule has 0 radical (unpaired) electrons. The minimum atomic E-state index is 0.423. The molecule has 90 valence electrons. The van der Waals surface area contributed by atoms with Crippen LogP contribution in [0, 0.1) is 5.41 Å². The van der Waals surface area contributed by atoms with Gasteiger partial charge in [-0.05, 0) is 41.9 Å². The van der Waals surface area contributed by atoms with E-state index in [1.165, 1.54) is 22.9 Å². The summed E-state index contributed by atoms with van der Waals surface area (Å²) in [6.07, 6.45) is 2.50. The van der Waals surface area contributed by atoms with Crippen molar-refractivity contribution >= 4 is 31.9 Å². The lowest BCUT2D eigenvalue weighted by molar-refractivity contribution is 0.354. The van der Waals surface area contributed by atoms with E-state index in [4.69, 9.17) is 0 Å². The zero-order valence-electron chi connectivity index (χ0n) is 10.3. The fraction of sp³-hybridized carbons (Fsp3) is 0.571. The fourth-order valence-corrected chi connectivity index (χ4v) is 2.82. The highest BCUT2D eigenvalue weighted by molar-refractivity contribution is 9.10. The van der Waals surface area contributed by atoms with Crippen molar-refractivity contribution in [2.24, 2.45) is 5.41 Å². The number of benzene rings is 1. The average Bonchev–Trinajstić information content (AvgIpc) is 2.17. The standard InChI is InChI=1S/C14H20Br2/c1-14(2,3)8-7-12(10-15)11-5-4-6-13(16)9-11/h4-6,9,12H,7-8,10H2,1-3H3. The molecule has 0 bridgehead atoms. The molecule has 0 aromatic heterocycles. The van der Waals surface area contributed by atoms with E-state index in [0.717, 1.165) is 5.33 Å². The Morgan fingerprint density at radius 2 is 1.94 bits per heavy atom. The van der Waals surface area contributed by atoms with Gasteiger partial charge in [0.05, 0.1) is 0 Å². The molecule has 0 N–H and O–H groups in total. The van der Waals surface area contributed by atoms with Crippen molar-refractivity contribution in [1.29, 1.82) is 0 Å². The molecule has 0 spiro atoms. The summed E-state index contributed by atoms with van der Waals surface area (Å²) in [6.45, 7) is 6.91. The quantitative estimate of drug-likeness (QED) is 0.608. The molecule has 2 heteroatoms. The Labute approximate surface area is 116 Å². The maximum Gasteiger partial charge on any atom is 0.0178 e. The van der Waals surface area contributed by atoms with Crippen LogP contribution in [0.3, 0.4) is 0 Å². The van der Waals surface area contributed by atoms with Gasteiger partial charge in [0.1, 0.15) is 0 Å². The molecule has 0 saturated carbocycles. The van der Waals surface area contributed by atoms with E-state index in [2.05, 4.69) is 76.9 Å². The molecule has 0 fully saturated rings. The van der Waals surface area contributed by atoms with E-state index < -0.39 is 0 Å². The van der Waals surface area contributed by atoms with Crippen LogP contribution in [0.1, 0.15) is 45.1 Å². The Kier molecular flexibility index (Phi) is 5.52. The van der Waals surface area contributed by atoms with Crippen LogP contribution >= 0.6 is 31.9 Å². The first-order valence-electron chi connectivity index (χ1n) is 5.74. The van der Waals surface area contributed by atoms with E-state index in [-0.39, 0.29) is 0 Å². The number of hydrogen-bond donors (Lipinski definition) is 0. The predicted molar refractivity (Wildman–Crippen MR) is 79.4 cm³/mol. The first-order chi connectivity index (χ1) is 7.42. The van der Waals surface area contributed by atoms with Crippen LogP contribution in [-0.4, -0.2) is 5.33 Å². The molecule has 16 heavy (non-hydrogen) atoms. The third-order valence-electron chi connectivity index (χ3n) is 2.75. The summed E-state index contributed by atoms with van der Waals surface area (Å²) in [4.78, 5) is 0. The van der Waals surface area contributed by atoms with Crippen molar-refractivity contribution in [2.45, 2.75) is 39.5 Å². The normalized spacial score (nSPS) is 13.8. The highest BCUT2D eigenvalue weighted by Crippen LogP contribution is 2.31. The van der Waals surface area contributed by atoms with Gasteiger partial charge in [-0.15, -0.1) is 0 Å². The van der Waals surface area contributed by atoms with Crippen LogP contribution in [0.5, 0.6) is 0 Å². The van der Waals surface area contributed by atoms with Crippen LogP contribution in [0.25, 0.3) is 0 Å². The second kappa shape index (κ2) is 6.20.